The summed E-state index contributed by atoms with van der Waals surface area (Å²) in [6.45, 7) is 3.19. The third kappa shape index (κ3) is 3.96. The minimum Gasteiger partial charge on any atom is -0.376 e. The Hall–Kier alpha value is -1.75. The standard InChI is InChI=1S/C18H27N3O2/c1-20-9-3-5-15-11-14(7-8-17(15)20)12-19-18(22)21(2)13-16-6-4-10-23-16/h7-8,11,16H,3-6,9-10,12-13H2,1-2H3,(H,19,22)/t16-/m0/s1. The van der Waals surface area contributed by atoms with E-state index in [4.69, 9.17) is 4.74 Å². The molecular formula is C18H27N3O2. The number of ether oxygens (including phenoxy) is 1. The first-order valence-corrected chi connectivity index (χ1v) is 8.57. The molecule has 0 aliphatic carbocycles. The molecule has 23 heavy (non-hydrogen) atoms. The number of hydrogen-bond acceptors (Lipinski definition) is 3. The summed E-state index contributed by atoms with van der Waals surface area (Å²) >= 11 is 0. The van der Waals surface area contributed by atoms with Gasteiger partial charge in [0.15, 0.2) is 0 Å². The van der Waals surface area contributed by atoms with Crippen LogP contribution in [0.1, 0.15) is 30.4 Å². The lowest BCUT2D eigenvalue weighted by Gasteiger charge is -2.28. The third-order valence-corrected chi connectivity index (χ3v) is 4.79. The summed E-state index contributed by atoms with van der Waals surface area (Å²) < 4.78 is 5.58. The first kappa shape index (κ1) is 16.1. The Morgan fingerprint density at radius 3 is 3.09 bits per heavy atom. The van der Waals surface area contributed by atoms with Crippen molar-refractivity contribution in [2.45, 2.75) is 38.3 Å². The molecule has 5 heteroatoms. The van der Waals surface area contributed by atoms with Crippen molar-refractivity contribution in [2.24, 2.45) is 0 Å². The number of rotatable bonds is 4. The number of benzene rings is 1. The SMILES string of the molecule is CN(C[C@@H]1CCCO1)C(=O)NCc1ccc2c(c1)CCCN2C. The van der Waals surface area contributed by atoms with Gasteiger partial charge in [-0.25, -0.2) is 4.79 Å². The molecule has 1 aromatic rings. The van der Waals surface area contributed by atoms with Crippen molar-refractivity contribution in [3.05, 3.63) is 29.3 Å². The molecule has 0 bridgehead atoms. The van der Waals surface area contributed by atoms with Crippen molar-refractivity contribution in [2.75, 3.05) is 38.7 Å². The van der Waals surface area contributed by atoms with Gasteiger partial charge in [0, 0.05) is 46.0 Å². The number of fused-ring (bicyclic) bond motifs is 1. The van der Waals surface area contributed by atoms with Gasteiger partial charge in [-0.05, 0) is 42.9 Å². The maximum absolute atomic E-state index is 12.2. The van der Waals surface area contributed by atoms with Crippen LogP contribution in [0, 0.1) is 0 Å². The molecule has 2 aliphatic heterocycles. The Bertz CT molecular complexity index is 555. The van der Waals surface area contributed by atoms with E-state index < -0.39 is 0 Å². The lowest BCUT2D eigenvalue weighted by molar-refractivity contribution is 0.0874. The Kier molecular flexibility index (Phi) is 5.06. The van der Waals surface area contributed by atoms with E-state index >= 15 is 0 Å². The van der Waals surface area contributed by atoms with Crippen LogP contribution in [0.25, 0.3) is 0 Å². The minimum atomic E-state index is -0.0321. The molecule has 3 rings (SSSR count). The number of urea groups is 1. The first-order valence-electron chi connectivity index (χ1n) is 8.57. The van der Waals surface area contributed by atoms with E-state index in [0.717, 1.165) is 38.0 Å². The van der Waals surface area contributed by atoms with E-state index in [1.807, 2.05) is 7.05 Å². The largest absolute Gasteiger partial charge is 0.376 e. The zero-order chi connectivity index (χ0) is 16.2. The molecule has 5 nitrogen and oxygen atoms in total. The monoisotopic (exact) mass is 317 g/mol. The summed E-state index contributed by atoms with van der Waals surface area (Å²) in [7, 11) is 3.97. The fraction of sp³-hybridized carbons (Fsp3) is 0.611. The van der Waals surface area contributed by atoms with Gasteiger partial charge in [0.2, 0.25) is 0 Å². The van der Waals surface area contributed by atoms with E-state index in [9.17, 15) is 4.79 Å². The predicted octanol–water partition coefficient (Wildman–Crippen LogP) is 2.39. The average Bonchev–Trinajstić information content (AvgIpc) is 3.05. The molecule has 1 aromatic carbocycles. The Balaban J connectivity index is 1.52. The zero-order valence-corrected chi connectivity index (χ0v) is 14.2. The number of carbonyl (C=O) groups is 1. The molecular weight excluding hydrogens is 290 g/mol. The number of amides is 2. The molecule has 2 aliphatic rings. The van der Waals surface area contributed by atoms with Crippen molar-refractivity contribution in [3.8, 4) is 0 Å². The molecule has 1 atom stereocenters. The van der Waals surface area contributed by atoms with Gasteiger partial charge in [-0.3, -0.25) is 0 Å². The molecule has 126 valence electrons. The predicted molar refractivity (Wildman–Crippen MR) is 91.9 cm³/mol. The molecule has 1 fully saturated rings. The highest BCUT2D eigenvalue weighted by atomic mass is 16.5. The van der Waals surface area contributed by atoms with E-state index in [2.05, 4.69) is 35.5 Å². The van der Waals surface area contributed by atoms with Crippen LogP contribution in [0.3, 0.4) is 0 Å². The fourth-order valence-corrected chi connectivity index (χ4v) is 3.44. The number of nitrogens with zero attached hydrogens (tertiary/aromatic N) is 2. The Labute approximate surface area is 138 Å². The number of anilines is 1. The molecule has 0 aromatic heterocycles. The summed E-state index contributed by atoms with van der Waals surface area (Å²) in [6, 6.07) is 6.48. The van der Waals surface area contributed by atoms with E-state index in [1.54, 1.807) is 4.90 Å². The number of hydrogen-bond donors (Lipinski definition) is 1. The highest BCUT2D eigenvalue weighted by molar-refractivity contribution is 5.74. The number of aryl methyl sites for hydroxylation is 1. The smallest absolute Gasteiger partial charge is 0.317 e. The van der Waals surface area contributed by atoms with Gasteiger partial charge >= 0.3 is 6.03 Å². The summed E-state index contributed by atoms with van der Waals surface area (Å²) in [5.74, 6) is 0. The van der Waals surface area contributed by atoms with E-state index in [-0.39, 0.29) is 12.1 Å². The molecule has 0 radical (unpaired) electrons. The topological polar surface area (TPSA) is 44.8 Å². The van der Waals surface area contributed by atoms with Gasteiger partial charge in [0.05, 0.1) is 6.10 Å². The van der Waals surface area contributed by atoms with Gasteiger partial charge in [-0.1, -0.05) is 12.1 Å². The van der Waals surface area contributed by atoms with Crippen molar-refractivity contribution < 1.29 is 9.53 Å². The molecule has 0 saturated carbocycles. The van der Waals surface area contributed by atoms with Crippen molar-refractivity contribution in [1.29, 1.82) is 0 Å². The van der Waals surface area contributed by atoms with Crippen LogP contribution in [0.2, 0.25) is 0 Å². The van der Waals surface area contributed by atoms with E-state index in [0.29, 0.717) is 13.1 Å². The number of nitrogens with one attached hydrogen (secondary N) is 1. The maximum atomic E-state index is 12.2. The quantitative estimate of drug-likeness (QED) is 0.927. The normalized spacial score (nSPS) is 20.3. The van der Waals surface area contributed by atoms with Gasteiger partial charge < -0.3 is 19.9 Å². The van der Waals surface area contributed by atoms with E-state index in [1.165, 1.54) is 17.7 Å². The summed E-state index contributed by atoms with van der Waals surface area (Å²) in [6.07, 6.45) is 4.67. The van der Waals surface area contributed by atoms with Gasteiger partial charge in [0.1, 0.15) is 0 Å². The van der Waals surface area contributed by atoms with Crippen LogP contribution in [-0.4, -0.2) is 50.8 Å². The fourth-order valence-electron chi connectivity index (χ4n) is 3.44. The van der Waals surface area contributed by atoms with Crippen LogP contribution in [0.5, 0.6) is 0 Å². The first-order chi connectivity index (χ1) is 11.1. The van der Waals surface area contributed by atoms with Crippen molar-refractivity contribution in [1.82, 2.24) is 10.2 Å². The molecule has 0 spiro atoms. The maximum Gasteiger partial charge on any atom is 0.317 e. The van der Waals surface area contributed by atoms with Crippen LogP contribution < -0.4 is 10.2 Å². The Morgan fingerprint density at radius 1 is 1.43 bits per heavy atom. The third-order valence-electron chi connectivity index (χ3n) is 4.79. The minimum absolute atomic E-state index is 0.0321. The van der Waals surface area contributed by atoms with Crippen LogP contribution in [0.15, 0.2) is 18.2 Å². The van der Waals surface area contributed by atoms with Gasteiger partial charge in [-0.15, -0.1) is 0 Å². The second kappa shape index (κ2) is 7.21. The second-order valence-electron chi connectivity index (χ2n) is 6.66. The van der Waals surface area contributed by atoms with Crippen LogP contribution >= 0.6 is 0 Å². The number of likely N-dealkylation sites (N-methyl/N-ethyl adjacent to an activating group) is 1. The molecule has 2 heterocycles. The van der Waals surface area contributed by atoms with Gasteiger partial charge in [-0.2, -0.15) is 0 Å². The molecule has 2 amide bonds. The zero-order valence-electron chi connectivity index (χ0n) is 14.2. The number of carbonyl (C=O) groups excluding carboxylic acids is 1. The summed E-state index contributed by atoms with van der Waals surface area (Å²) in [5, 5.41) is 3.01. The molecule has 0 unspecified atom stereocenters. The molecule has 1 saturated heterocycles. The van der Waals surface area contributed by atoms with Crippen LogP contribution in [-0.2, 0) is 17.7 Å². The van der Waals surface area contributed by atoms with Crippen LogP contribution in [0.4, 0.5) is 10.5 Å². The lowest BCUT2D eigenvalue weighted by Crippen LogP contribution is -2.40. The average molecular weight is 317 g/mol. The molecule has 1 N–H and O–H groups in total. The highest BCUT2D eigenvalue weighted by Crippen LogP contribution is 2.26. The second-order valence-corrected chi connectivity index (χ2v) is 6.66. The van der Waals surface area contributed by atoms with Crippen molar-refractivity contribution >= 4 is 11.7 Å². The van der Waals surface area contributed by atoms with Gasteiger partial charge in [0.25, 0.3) is 0 Å². The summed E-state index contributed by atoms with van der Waals surface area (Å²) in [5.41, 5.74) is 3.87. The highest BCUT2D eigenvalue weighted by Gasteiger charge is 2.20. The Morgan fingerprint density at radius 2 is 2.30 bits per heavy atom. The van der Waals surface area contributed by atoms with Crippen molar-refractivity contribution in [3.63, 3.8) is 0 Å². The lowest BCUT2D eigenvalue weighted by atomic mass is 9.99. The summed E-state index contributed by atoms with van der Waals surface area (Å²) in [4.78, 5) is 16.2.